The average molecular weight is 387 g/mol. The van der Waals surface area contributed by atoms with Gasteiger partial charge in [0.2, 0.25) is 18.3 Å². The topological polar surface area (TPSA) is 76.2 Å². The molecule has 1 aromatic heterocycles. The molecular weight excluding hydrogens is 370 g/mol. The number of ether oxygens (including phenoxy) is 1. The Labute approximate surface area is 151 Å². The van der Waals surface area contributed by atoms with Crippen molar-refractivity contribution in [2.45, 2.75) is 39.5 Å². The van der Waals surface area contributed by atoms with Crippen LogP contribution >= 0.6 is 0 Å². The van der Waals surface area contributed by atoms with Gasteiger partial charge in [0.1, 0.15) is 5.56 Å². The van der Waals surface area contributed by atoms with Gasteiger partial charge in [0.15, 0.2) is 5.78 Å². The van der Waals surface area contributed by atoms with Gasteiger partial charge in [0.25, 0.3) is 0 Å². The van der Waals surface area contributed by atoms with E-state index in [-0.39, 0.29) is 39.8 Å². The molecule has 5 nitrogen and oxygen atoms in total. The van der Waals surface area contributed by atoms with Gasteiger partial charge in [-0.1, -0.05) is 0 Å². The normalized spacial score (nSPS) is 11.4. The van der Waals surface area contributed by atoms with Crippen LogP contribution in [0.3, 0.4) is 0 Å². The number of rotatable bonds is 7. The summed E-state index contributed by atoms with van der Waals surface area (Å²) in [6.45, 7) is 2.62. The van der Waals surface area contributed by atoms with Crippen LogP contribution in [0.15, 0.2) is 17.1 Å². The molecule has 0 amide bonds. The molecule has 27 heavy (non-hydrogen) atoms. The summed E-state index contributed by atoms with van der Waals surface area (Å²) in [5.74, 6) is -1.60. The van der Waals surface area contributed by atoms with E-state index in [4.69, 9.17) is 4.74 Å². The SMILES string of the molecule is CCOC(=O)c1c[nH]c2c(CC(F)F)c(C(C)=O)c(CC(F)F)cc2c1=O. The summed E-state index contributed by atoms with van der Waals surface area (Å²) in [5.41, 5.74) is -2.02. The minimum atomic E-state index is -2.87. The number of nitrogens with one attached hydrogen (secondary N) is 1. The summed E-state index contributed by atoms with van der Waals surface area (Å²) in [6.07, 6.45) is -6.51. The molecule has 1 aromatic carbocycles. The van der Waals surface area contributed by atoms with Crippen molar-refractivity contribution in [3.63, 3.8) is 0 Å². The lowest BCUT2D eigenvalue weighted by atomic mass is 9.90. The van der Waals surface area contributed by atoms with Crippen LogP contribution < -0.4 is 5.43 Å². The number of carbonyl (C=O) groups is 2. The number of H-pyrrole nitrogens is 1. The molecule has 0 fully saturated rings. The van der Waals surface area contributed by atoms with Crippen molar-refractivity contribution in [1.82, 2.24) is 4.98 Å². The van der Waals surface area contributed by atoms with Crippen LogP contribution in [-0.4, -0.2) is 36.2 Å². The number of halogens is 4. The third-order valence-corrected chi connectivity index (χ3v) is 3.94. The molecule has 9 heteroatoms. The van der Waals surface area contributed by atoms with Crippen LogP contribution in [0.25, 0.3) is 10.9 Å². The number of hydrogen-bond donors (Lipinski definition) is 1. The van der Waals surface area contributed by atoms with E-state index in [1.807, 2.05) is 0 Å². The van der Waals surface area contributed by atoms with Gasteiger partial charge in [0.05, 0.1) is 12.1 Å². The van der Waals surface area contributed by atoms with Gasteiger partial charge < -0.3 is 9.72 Å². The Morgan fingerprint density at radius 1 is 1.15 bits per heavy atom. The molecule has 0 radical (unpaired) electrons. The number of aromatic amines is 1. The minimum absolute atomic E-state index is 0.00680. The number of ketones is 1. The van der Waals surface area contributed by atoms with Gasteiger partial charge in [0, 0.05) is 30.0 Å². The fourth-order valence-corrected chi connectivity index (χ4v) is 2.98. The molecule has 146 valence electrons. The smallest absolute Gasteiger partial charge is 0.343 e. The maximum absolute atomic E-state index is 13.1. The highest BCUT2D eigenvalue weighted by Crippen LogP contribution is 2.28. The highest BCUT2D eigenvalue weighted by atomic mass is 19.3. The standard InChI is InChI=1S/C18H17F4NO4/c1-3-27-18(26)12-7-23-16-10(6-14(21)22)15(8(2)24)9(5-13(19)20)4-11(16)17(12)25/h4,7,13-14H,3,5-6H2,1-2H3,(H,23,25). The highest BCUT2D eigenvalue weighted by molar-refractivity contribution is 6.03. The molecule has 0 atom stereocenters. The maximum Gasteiger partial charge on any atom is 0.343 e. The van der Waals surface area contributed by atoms with Gasteiger partial charge in [-0.3, -0.25) is 9.59 Å². The van der Waals surface area contributed by atoms with Crippen molar-refractivity contribution < 1.29 is 31.9 Å². The molecule has 0 aliphatic heterocycles. The van der Waals surface area contributed by atoms with Crippen LogP contribution in [0.5, 0.6) is 0 Å². The Kier molecular flexibility index (Phi) is 6.35. The predicted octanol–water partition coefficient (Wildman–Crippen LogP) is 3.52. The lowest BCUT2D eigenvalue weighted by molar-refractivity contribution is 0.0524. The fourth-order valence-electron chi connectivity index (χ4n) is 2.98. The number of aromatic nitrogens is 1. The highest BCUT2D eigenvalue weighted by Gasteiger charge is 2.24. The van der Waals surface area contributed by atoms with Crippen molar-refractivity contribution in [2.24, 2.45) is 0 Å². The van der Waals surface area contributed by atoms with Crippen molar-refractivity contribution in [3.8, 4) is 0 Å². The average Bonchev–Trinajstić information content (AvgIpc) is 2.54. The van der Waals surface area contributed by atoms with Crippen LogP contribution in [0.4, 0.5) is 17.6 Å². The number of pyridine rings is 1. The Bertz CT molecular complexity index is 937. The number of esters is 1. The van der Waals surface area contributed by atoms with Gasteiger partial charge in [-0.2, -0.15) is 0 Å². The lowest BCUT2D eigenvalue weighted by Crippen LogP contribution is -2.20. The Morgan fingerprint density at radius 2 is 1.78 bits per heavy atom. The van der Waals surface area contributed by atoms with Gasteiger partial charge in [-0.15, -0.1) is 0 Å². The largest absolute Gasteiger partial charge is 0.462 e. The fraction of sp³-hybridized carbons (Fsp3) is 0.389. The quantitative estimate of drug-likeness (QED) is 0.448. The van der Waals surface area contributed by atoms with E-state index < -0.39 is 42.9 Å². The van der Waals surface area contributed by atoms with Gasteiger partial charge >= 0.3 is 5.97 Å². The summed E-state index contributed by atoms with van der Waals surface area (Å²) in [6, 6.07) is 1.05. The third-order valence-electron chi connectivity index (χ3n) is 3.94. The molecule has 0 aliphatic carbocycles. The molecule has 0 saturated heterocycles. The van der Waals surface area contributed by atoms with E-state index in [1.54, 1.807) is 0 Å². The predicted molar refractivity (Wildman–Crippen MR) is 89.9 cm³/mol. The minimum Gasteiger partial charge on any atom is -0.462 e. The number of benzene rings is 1. The van der Waals surface area contributed by atoms with E-state index in [2.05, 4.69) is 4.98 Å². The summed E-state index contributed by atoms with van der Waals surface area (Å²) in [7, 11) is 0. The van der Waals surface area contributed by atoms with E-state index in [0.29, 0.717) is 0 Å². The van der Waals surface area contributed by atoms with E-state index in [9.17, 15) is 31.9 Å². The van der Waals surface area contributed by atoms with E-state index in [1.165, 1.54) is 6.92 Å². The van der Waals surface area contributed by atoms with Crippen LogP contribution in [0.2, 0.25) is 0 Å². The lowest BCUT2D eigenvalue weighted by Gasteiger charge is -2.16. The second kappa shape index (κ2) is 8.32. The molecule has 2 aromatic rings. The first-order valence-corrected chi connectivity index (χ1v) is 8.11. The first-order valence-electron chi connectivity index (χ1n) is 8.11. The molecule has 1 heterocycles. The number of hydrogen-bond acceptors (Lipinski definition) is 4. The van der Waals surface area contributed by atoms with Crippen molar-refractivity contribution in [3.05, 3.63) is 44.7 Å². The summed E-state index contributed by atoms with van der Waals surface area (Å²) in [4.78, 5) is 39.1. The first-order chi connectivity index (χ1) is 12.7. The molecule has 1 N–H and O–H groups in total. The van der Waals surface area contributed by atoms with Crippen LogP contribution in [-0.2, 0) is 17.6 Å². The molecule has 0 aliphatic rings. The second-order valence-electron chi connectivity index (χ2n) is 5.81. The summed E-state index contributed by atoms with van der Waals surface area (Å²) >= 11 is 0. The summed E-state index contributed by atoms with van der Waals surface area (Å²) in [5, 5.41) is -0.225. The van der Waals surface area contributed by atoms with Gasteiger partial charge in [-0.25, -0.2) is 22.4 Å². The van der Waals surface area contributed by atoms with Crippen molar-refractivity contribution >= 4 is 22.7 Å². The molecule has 0 saturated carbocycles. The van der Waals surface area contributed by atoms with Gasteiger partial charge in [-0.05, 0) is 31.0 Å². The first kappa shape index (κ1) is 20.6. The molecule has 0 unspecified atom stereocenters. The molecule has 2 rings (SSSR count). The summed E-state index contributed by atoms with van der Waals surface area (Å²) < 4.78 is 56.8. The van der Waals surface area contributed by atoms with E-state index in [0.717, 1.165) is 19.2 Å². The van der Waals surface area contributed by atoms with Crippen molar-refractivity contribution in [1.29, 1.82) is 0 Å². The Hall–Kier alpha value is -2.71. The zero-order valence-corrected chi connectivity index (χ0v) is 14.6. The number of alkyl halides is 4. The van der Waals surface area contributed by atoms with E-state index >= 15 is 0 Å². The number of carbonyl (C=O) groups excluding carboxylic acids is 2. The molecule has 0 bridgehead atoms. The second-order valence-corrected chi connectivity index (χ2v) is 5.81. The molecule has 0 spiro atoms. The molecular formula is C18H17F4NO4. The maximum atomic E-state index is 13.1. The zero-order chi connectivity index (χ0) is 20.3. The Morgan fingerprint density at radius 3 is 2.30 bits per heavy atom. The van der Waals surface area contributed by atoms with Crippen LogP contribution in [0.1, 0.15) is 45.7 Å². The van der Waals surface area contributed by atoms with Crippen molar-refractivity contribution in [2.75, 3.05) is 6.61 Å². The number of Topliss-reactive ketones (excluding diaryl/α,β-unsaturated/α-hetero) is 1. The number of fused-ring (bicyclic) bond motifs is 1. The monoisotopic (exact) mass is 387 g/mol. The third kappa shape index (κ3) is 4.35. The zero-order valence-electron chi connectivity index (χ0n) is 14.6. The Balaban J connectivity index is 2.88. The van der Waals surface area contributed by atoms with Crippen LogP contribution in [0, 0.1) is 0 Å².